The van der Waals surface area contributed by atoms with Crippen LogP contribution in [0.2, 0.25) is 0 Å². The van der Waals surface area contributed by atoms with Crippen molar-refractivity contribution >= 4 is 23.2 Å². The Hall–Kier alpha value is -3.14. The van der Waals surface area contributed by atoms with Gasteiger partial charge >= 0.3 is 0 Å². The van der Waals surface area contributed by atoms with Crippen molar-refractivity contribution in [3.63, 3.8) is 0 Å². The van der Waals surface area contributed by atoms with Gasteiger partial charge in [-0.2, -0.15) is 4.52 Å². The van der Waals surface area contributed by atoms with Gasteiger partial charge in [-0.3, -0.25) is 4.79 Å². The van der Waals surface area contributed by atoms with E-state index in [1.54, 1.807) is 18.2 Å². The van der Waals surface area contributed by atoms with E-state index in [-0.39, 0.29) is 18.2 Å². The molecule has 0 radical (unpaired) electrons. The number of halogens is 3. The quantitative estimate of drug-likeness (QED) is 0.714. The van der Waals surface area contributed by atoms with Crippen molar-refractivity contribution in [2.75, 3.05) is 23.3 Å². The fraction of sp³-hybridized carbons (Fsp3) is 0.278. The summed E-state index contributed by atoms with van der Waals surface area (Å²) < 4.78 is 43.4. The molecule has 1 atom stereocenters. The van der Waals surface area contributed by atoms with E-state index in [0.29, 0.717) is 11.2 Å². The first-order chi connectivity index (χ1) is 13.4. The number of fused-ring (bicyclic) bond motifs is 1. The van der Waals surface area contributed by atoms with Crippen LogP contribution in [0.4, 0.5) is 24.8 Å². The average molecular weight is 390 g/mol. The lowest BCUT2D eigenvalue weighted by atomic mass is 10.0. The normalized spacial score (nSPS) is 18.6. The Bertz CT molecular complexity index is 1040. The Morgan fingerprint density at radius 3 is 2.89 bits per heavy atom. The molecule has 10 heteroatoms. The van der Waals surface area contributed by atoms with Crippen molar-refractivity contribution in [3.05, 3.63) is 54.0 Å². The summed E-state index contributed by atoms with van der Waals surface area (Å²) in [7, 11) is 0. The molecule has 1 fully saturated rings. The van der Waals surface area contributed by atoms with E-state index in [9.17, 15) is 18.0 Å². The average Bonchev–Trinajstić information content (AvgIpc) is 3.21. The molecule has 146 valence electrons. The molecule has 1 aromatic carbocycles. The van der Waals surface area contributed by atoms with E-state index in [2.05, 4.69) is 15.4 Å². The van der Waals surface area contributed by atoms with Gasteiger partial charge in [-0.15, -0.1) is 5.10 Å². The molecular weight excluding hydrogens is 373 g/mol. The molecule has 3 heterocycles. The maximum Gasteiger partial charge on any atom is 0.267 e. The number of amides is 1. The highest BCUT2D eigenvalue weighted by molar-refractivity contribution is 5.91. The number of nitrogens with two attached hydrogens (primary N) is 1. The third-order valence-electron chi connectivity index (χ3n) is 4.60. The predicted molar refractivity (Wildman–Crippen MR) is 96.7 cm³/mol. The minimum absolute atomic E-state index is 0.215. The largest absolute Gasteiger partial charge is 0.342 e. The van der Waals surface area contributed by atoms with Gasteiger partial charge in [0.05, 0.1) is 25.3 Å². The Morgan fingerprint density at radius 2 is 2.14 bits per heavy atom. The number of nitrogens with zero attached hydrogens (tertiary/aromatic N) is 4. The first-order valence-corrected chi connectivity index (χ1v) is 8.61. The van der Waals surface area contributed by atoms with Crippen LogP contribution in [-0.4, -0.2) is 39.5 Å². The number of imidazole rings is 1. The lowest BCUT2D eigenvalue weighted by Crippen LogP contribution is -2.28. The van der Waals surface area contributed by atoms with Crippen LogP contribution in [0.3, 0.4) is 0 Å². The second kappa shape index (κ2) is 6.79. The monoisotopic (exact) mass is 390 g/mol. The van der Waals surface area contributed by atoms with Crippen molar-refractivity contribution in [1.29, 1.82) is 0 Å². The van der Waals surface area contributed by atoms with Crippen molar-refractivity contribution in [2.24, 2.45) is 5.73 Å². The lowest BCUT2D eigenvalue weighted by molar-refractivity contribution is -0.114. The smallest absolute Gasteiger partial charge is 0.267 e. The number of anilines is 2. The third kappa shape index (κ3) is 3.38. The molecule has 0 aliphatic carbocycles. The summed E-state index contributed by atoms with van der Waals surface area (Å²) in [6.45, 7) is -0.765. The second-order valence-electron chi connectivity index (χ2n) is 6.62. The Morgan fingerprint density at radius 1 is 1.32 bits per heavy atom. The molecule has 7 nitrogen and oxygen atoms in total. The number of hydrogen-bond donors (Lipinski definition) is 2. The van der Waals surface area contributed by atoms with E-state index < -0.39 is 36.7 Å². The van der Waals surface area contributed by atoms with Gasteiger partial charge in [-0.1, -0.05) is 12.1 Å². The van der Waals surface area contributed by atoms with Crippen molar-refractivity contribution in [2.45, 2.75) is 18.4 Å². The van der Waals surface area contributed by atoms with Crippen molar-refractivity contribution in [3.8, 4) is 0 Å². The van der Waals surface area contributed by atoms with E-state index >= 15 is 0 Å². The number of hydrogen-bond acceptors (Lipinski definition) is 5. The zero-order chi connectivity index (χ0) is 19.9. The topological polar surface area (TPSA) is 88.5 Å². The van der Waals surface area contributed by atoms with Crippen molar-refractivity contribution in [1.82, 2.24) is 14.6 Å². The molecule has 0 saturated carbocycles. The molecule has 0 bridgehead atoms. The number of carbonyl (C=O) groups is 1. The zero-order valence-electron chi connectivity index (χ0n) is 14.6. The number of benzene rings is 1. The highest BCUT2D eigenvalue weighted by atomic mass is 19.3. The van der Waals surface area contributed by atoms with Crippen LogP contribution >= 0.6 is 0 Å². The molecule has 3 aromatic rings. The summed E-state index contributed by atoms with van der Waals surface area (Å²) in [5.74, 6) is -3.32. The first-order valence-electron chi connectivity index (χ1n) is 8.61. The van der Waals surface area contributed by atoms with Crippen LogP contribution in [0, 0.1) is 5.82 Å². The summed E-state index contributed by atoms with van der Waals surface area (Å²) in [5, 5.41) is 6.92. The lowest BCUT2D eigenvalue weighted by Gasteiger charge is -2.25. The molecule has 3 N–H and O–H groups in total. The van der Waals surface area contributed by atoms with Gasteiger partial charge in [0.25, 0.3) is 5.92 Å². The van der Waals surface area contributed by atoms with E-state index in [1.165, 1.54) is 33.8 Å². The van der Waals surface area contributed by atoms with Gasteiger partial charge in [0, 0.05) is 6.42 Å². The summed E-state index contributed by atoms with van der Waals surface area (Å²) >= 11 is 0. The summed E-state index contributed by atoms with van der Waals surface area (Å²) in [6, 6.07) is 8.08. The standard InChI is InChI=1S/C18H17F3N6O/c19-12-3-1-2-11(6-12)13-7-18(20,21)10-26(13)15-5-4-14-23-9-16(27(14)25-15)24-17(28)8-22/h1-6,9,13H,7-8,10,22H2,(H,24,28)/t13-/m1/s1. The van der Waals surface area contributed by atoms with Gasteiger partial charge < -0.3 is 16.0 Å². The number of carbonyl (C=O) groups excluding carboxylic acids is 1. The summed E-state index contributed by atoms with van der Waals surface area (Å²) in [5.41, 5.74) is 6.18. The number of aromatic nitrogens is 3. The van der Waals surface area contributed by atoms with Crippen LogP contribution in [0.5, 0.6) is 0 Å². The maximum atomic E-state index is 14.2. The molecule has 2 aromatic heterocycles. The molecule has 1 saturated heterocycles. The predicted octanol–water partition coefficient (Wildman–Crippen LogP) is 2.35. The first kappa shape index (κ1) is 18.2. The van der Waals surface area contributed by atoms with Crippen LogP contribution in [0.1, 0.15) is 18.0 Å². The van der Waals surface area contributed by atoms with Crippen LogP contribution in [0.25, 0.3) is 5.65 Å². The van der Waals surface area contributed by atoms with Gasteiger partial charge in [-0.25, -0.2) is 18.2 Å². The van der Waals surface area contributed by atoms with Gasteiger partial charge in [0.15, 0.2) is 11.5 Å². The minimum atomic E-state index is -2.95. The molecule has 4 rings (SSSR count). The maximum absolute atomic E-state index is 14.2. The van der Waals surface area contributed by atoms with E-state index in [0.717, 1.165) is 0 Å². The highest BCUT2D eigenvalue weighted by Gasteiger charge is 2.46. The molecular formula is C18H17F3N6O. The highest BCUT2D eigenvalue weighted by Crippen LogP contribution is 2.43. The fourth-order valence-corrected chi connectivity index (χ4v) is 3.37. The molecule has 0 spiro atoms. The number of nitrogens with one attached hydrogen (secondary N) is 1. The Balaban J connectivity index is 1.74. The van der Waals surface area contributed by atoms with Gasteiger partial charge in [-0.05, 0) is 29.8 Å². The Labute approximate surface area is 158 Å². The third-order valence-corrected chi connectivity index (χ3v) is 4.60. The molecule has 1 amide bonds. The van der Waals surface area contributed by atoms with Gasteiger partial charge in [0.1, 0.15) is 11.6 Å². The SMILES string of the molecule is NCC(=O)Nc1cnc2ccc(N3CC(F)(F)C[C@@H]3c3cccc(F)c3)nn12. The summed E-state index contributed by atoms with van der Waals surface area (Å²) in [4.78, 5) is 17.1. The minimum Gasteiger partial charge on any atom is -0.342 e. The molecule has 28 heavy (non-hydrogen) atoms. The van der Waals surface area contributed by atoms with Crippen LogP contribution < -0.4 is 16.0 Å². The molecule has 0 unspecified atom stereocenters. The molecule has 1 aliphatic heterocycles. The van der Waals surface area contributed by atoms with Crippen molar-refractivity contribution < 1.29 is 18.0 Å². The zero-order valence-corrected chi connectivity index (χ0v) is 14.6. The number of alkyl halides is 2. The van der Waals surface area contributed by atoms with Gasteiger partial charge in [0.2, 0.25) is 5.91 Å². The van der Waals surface area contributed by atoms with Crippen LogP contribution in [0.15, 0.2) is 42.6 Å². The number of rotatable bonds is 4. The second-order valence-corrected chi connectivity index (χ2v) is 6.62. The molecule has 1 aliphatic rings. The van der Waals surface area contributed by atoms with E-state index in [1.807, 2.05) is 0 Å². The van der Waals surface area contributed by atoms with E-state index in [4.69, 9.17) is 5.73 Å². The Kier molecular flexibility index (Phi) is 4.42. The fourth-order valence-electron chi connectivity index (χ4n) is 3.37. The van der Waals surface area contributed by atoms with Crippen LogP contribution in [-0.2, 0) is 4.79 Å². The summed E-state index contributed by atoms with van der Waals surface area (Å²) in [6.07, 6.45) is 0.958.